The number of carbonyl (C=O) groups is 2. The van der Waals surface area contributed by atoms with Crippen molar-refractivity contribution in [1.29, 1.82) is 0 Å². The van der Waals surface area contributed by atoms with Crippen LogP contribution in [-0.4, -0.2) is 47.8 Å². The third-order valence-corrected chi connectivity index (χ3v) is 4.21. The van der Waals surface area contributed by atoms with Crippen molar-refractivity contribution in [2.45, 2.75) is 18.6 Å². The molecule has 1 aliphatic heterocycles. The molecule has 2 amide bonds. The quantitative estimate of drug-likeness (QED) is 0.752. The number of urea groups is 1. The first-order valence-corrected chi connectivity index (χ1v) is 7.28. The Morgan fingerprint density at radius 2 is 2.24 bits per heavy atom. The second kappa shape index (κ2) is 6.56. The molecule has 2 N–H and O–H groups in total. The van der Waals surface area contributed by atoms with Gasteiger partial charge in [-0.1, -0.05) is 0 Å². The van der Waals surface area contributed by atoms with Crippen molar-refractivity contribution in [3.8, 4) is 0 Å². The number of anilines is 1. The molecule has 6 nitrogen and oxygen atoms in total. The fraction of sp³-hybridized carbons (Fsp3) is 0.385. The number of rotatable bonds is 3. The van der Waals surface area contributed by atoms with E-state index in [1.807, 2.05) is 22.6 Å². The Kier molecular flexibility index (Phi) is 4.99. The Morgan fingerprint density at radius 1 is 1.52 bits per heavy atom. The Morgan fingerprint density at radius 3 is 2.81 bits per heavy atom. The number of benzene rings is 1. The zero-order chi connectivity index (χ0) is 15.6. The van der Waals surface area contributed by atoms with E-state index in [0.29, 0.717) is 9.26 Å². The molecule has 2 rings (SSSR count). The number of aliphatic carboxylic acids is 1. The summed E-state index contributed by atoms with van der Waals surface area (Å²) in [6.07, 6.45) is -0.0520. The largest absolute Gasteiger partial charge is 0.480 e. The summed E-state index contributed by atoms with van der Waals surface area (Å²) in [5.74, 6) is -1.47. The molecule has 8 heteroatoms. The van der Waals surface area contributed by atoms with Crippen LogP contribution < -0.4 is 5.32 Å². The third-order valence-electron chi connectivity index (χ3n) is 3.31. The molecule has 21 heavy (non-hydrogen) atoms. The predicted molar refractivity (Wildman–Crippen MR) is 81.7 cm³/mol. The van der Waals surface area contributed by atoms with Gasteiger partial charge >= 0.3 is 12.0 Å². The lowest BCUT2D eigenvalue weighted by molar-refractivity contribution is -0.141. The van der Waals surface area contributed by atoms with E-state index in [1.54, 1.807) is 0 Å². The maximum absolute atomic E-state index is 13.0. The summed E-state index contributed by atoms with van der Waals surface area (Å²) in [6, 6.07) is 2.50. The van der Waals surface area contributed by atoms with Crippen molar-refractivity contribution in [2.24, 2.45) is 0 Å². The standard InChI is InChI=1S/C13H14FIN2O4/c1-21-8-5-11(12(18)19)17(6-8)13(20)16-10-3-2-7(14)4-9(10)15/h2-4,8,11H,5-6H2,1H3,(H,16,20)(H,18,19). The van der Waals surface area contributed by atoms with E-state index in [1.165, 1.54) is 30.2 Å². The van der Waals surface area contributed by atoms with E-state index in [-0.39, 0.29) is 19.1 Å². The van der Waals surface area contributed by atoms with E-state index in [9.17, 15) is 19.1 Å². The highest BCUT2D eigenvalue weighted by atomic mass is 127. The van der Waals surface area contributed by atoms with Gasteiger partial charge in [-0.25, -0.2) is 14.0 Å². The summed E-state index contributed by atoms with van der Waals surface area (Å²) < 4.78 is 18.7. The number of halogens is 2. The van der Waals surface area contributed by atoms with Crippen molar-refractivity contribution in [3.63, 3.8) is 0 Å². The lowest BCUT2D eigenvalue weighted by atomic mass is 10.2. The molecule has 2 atom stereocenters. The van der Waals surface area contributed by atoms with Crippen molar-refractivity contribution in [2.75, 3.05) is 19.0 Å². The minimum Gasteiger partial charge on any atom is -0.480 e. The van der Waals surface area contributed by atoms with Crippen LogP contribution >= 0.6 is 22.6 Å². The van der Waals surface area contributed by atoms with E-state index in [0.717, 1.165) is 0 Å². The molecule has 1 fully saturated rings. The van der Waals surface area contributed by atoms with Gasteiger partial charge in [-0.3, -0.25) is 0 Å². The highest BCUT2D eigenvalue weighted by molar-refractivity contribution is 14.1. The second-order valence-corrected chi connectivity index (χ2v) is 5.82. The summed E-state index contributed by atoms with van der Waals surface area (Å²) >= 11 is 1.90. The zero-order valence-electron chi connectivity index (χ0n) is 11.2. The number of ether oxygens (including phenoxy) is 1. The van der Waals surface area contributed by atoms with E-state index < -0.39 is 23.9 Å². The summed E-state index contributed by atoms with van der Waals surface area (Å²) in [7, 11) is 1.48. The number of nitrogens with zero attached hydrogens (tertiary/aromatic N) is 1. The molecule has 0 aliphatic carbocycles. The van der Waals surface area contributed by atoms with Gasteiger partial charge < -0.3 is 20.1 Å². The first-order valence-electron chi connectivity index (χ1n) is 6.20. The fourth-order valence-electron chi connectivity index (χ4n) is 2.20. The normalized spacial score (nSPS) is 21.4. The van der Waals surface area contributed by atoms with Crippen LogP contribution in [0, 0.1) is 9.39 Å². The first kappa shape index (κ1) is 16.0. The zero-order valence-corrected chi connectivity index (χ0v) is 13.3. The van der Waals surface area contributed by atoms with Crippen LogP contribution in [0.2, 0.25) is 0 Å². The number of hydrogen-bond donors (Lipinski definition) is 2. The van der Waals surface area contributed by atoms with Crippen molar-refractivity contribution in [1.82, 2.24) is 4.90 Å². The molecule has 0 bridgehead atoms. The van der Waals surface area contributed by atoms with Gasteiger partial charge in [-0.05, 0) is 40.8 Å². The Hall–Kier alpha value is -1.42. The average Bonchev–Trinajstić information content (AvgIpc) is 2.86. The molecule has 1 aromatic rings. The van der Waals surface area contributed by atoms with Crippen LogP contribution in [0.1, 0.15) is 6.42 Å². The highest BCUT2D eigenvalue weighted by Crippen LogP contribution is 2.24. The number of hydrogen-bond acceptors (Lipinski definition) is 3. The number of carboxylic acid groups (broad SMARTS) is 1. The van der Waals surface area contributed by atoms with Crippen LogP contribution in [0.3, 0.4) is 0 Å². The molecule has 0 spiro atoms. The van der Waals surface area contributed by atoms with Gasteiger partial charge in [0, 0.05) is 23.6 Å². The number of nitrogens with one attached hydrogen (secondary N) is 1. The van der Waals surface area contributed by atoms with Crippen LogP contribution in [0.25, 0.3) is 0 Å². The molecule has 1 aromatic carbocycles. The molecule has 1 saturated heterocycles. The van der Waals surface area contributed by atoms with E-state index in [2.05, 4.69) is 5.32 Å². The van der Waals surface area contributed by atoms with Gasteiger partial charge in [-0.15, -0.1) is 0 Å². The molecule has 2 unspecified atom stereocenters. The van der Waals surface area contributed by atoms with Crippen LogP contribution in [0.4, 0.5) is 14.9 Å². The minimum atomic E-state index is -1.07. The van der Waals surface area contributed by atoms with E-state index in [4.69, 9.17) is 4.74 Å². The van der Waals surface area contributed by atoms with E-state index >= 15 is 0 Å². The summed E-state index contributed by atoms with van der Waals surface area (Å²) in [4.78, 5) is 24.7. The lowest BCUT2D eigenvalue weighted by Gasteiger charge is -2.22. The van der Waals surface area contributed by atoms with Gasteiger partial charge in [0.1, 0.15) is 11.9 Å². The SMILES string of the molecule is COC1CC(C(=O)O)N(C(=O)Nc2ccc(F)cc2I)C1. The monoisotopic (exact) mass is 408 g/mol. The minimum absolute atomic E-state index is 0.205. The lowest BCUT2D eigenvalue weighted by Crippen LogP contribution is -2.43. The Labute approximate surface area is 134 Å². The molecule has 1 heterocycles. The van der Waals surface area contributed by atoms with Crippen LogP contribution in [0.5, 0.6) is 0 Å². The van der Waals surface area contributed by atoms with Crippen molar-refractivity contribution in [3.05, 3.63) is 27.6 Å². The molecule has 1 aliphatic rings. The van der Waals surface area contributed by atoms with Crippen LogP contribution in [-0.2, 0) is 9.53 Å². The molecule has 0 aromatic heterocycles. The summed E-state index contributed by atoms with van der Waals surface area (Å²) in [5.41, 5.74) is 0.437. The molecular weight excluding hydrogens is 394 g/mol. The number of amides is 2. The highest BCUT2D eigenvalue weighted by Gasteiger charge is 2.40. The van der Waals surface area contributed by atoms with Crippen LogP contribution in [0.15, 0.2) is 18.2 Å². The van der Waals surface area contributed by atoms with Gasteiger partial charge in [0.25, 0.3) is 0 Å². The third kappa shape index (κ3) is 3.62. The summed E-state index contributed by atoms with van der Waals surface area (Å²) in [6.45, 7) is 0.205. The number of carbonyl (C=O) groups excluding carboxylic acids is 1. The fourth-order valence-corrected chi connectivity index (χ4v) is 2.82. The van der Waals surface area contributed by atoms with Gasteiger partial charge in [0.15, 0.2) is 0 Å². The molecule has 0 radical (unpaired) electrons. The average molecular weight is 408 g/mol. The summed E-state index contributed by atoms with van der Waals surface area (Å²) in [5, 5.41) is 11.8. The molecule has 0 saturated carbocycles. The first-order chi connectivity index (χ1) is 9.92. The maximum Gasteiger partial charge on any atom is 0.326 e. The predicted octanol–water partition coefficient (Wildman–Crippen LogP) is 2.14. The molecular formula is C13H14FIN2O4. The van der Waals surface area contributed by atoms with Crippen molar-refractivity contribution >= 4 is 40.3 Å². The Balaban J connectivity index is 2.13. The maximum atomic E-state index is 13.0. The van der Waals surface area contributed by atoms with Gasteiger partial charge in [0.05, 0.1) is 11.8 Å². The number of likely N-dealkylation sites (tertiary alicyclic amines) is 1. The van der Waals surface area contributed by atoms with Gasteiger partial charge in [0.2, 0.25) is 0 Å². The number of carboxylic acids is 1. The Bertz CT molecular complexity index is 569. The molecule has 114 valence electrons. The van der Waals surface area contributed by atoms with Gasteiger partial charge in [-0.2, -0.15) is 0 Å². The second-order valence-electron chi connectivity index (χ2n) is 4.65. The van der Waals surface area contributed by atoms with Crippen molar-refractivity contribution < 1.29 is 23.8 Å². The number of methoxy groups -OCH3 is 1. The topological polar surface area (TPSA) is 78.9 Å². The smallest absolute Gasteiger partial charge is 0.326 e.